The Morgan fingerprint density at radius 2 is 0.805 bits per heavy atom. The van der Waals surface area contributed by atoms with E-state index in [1.165, 1.54) is 148 Å². The first-order chi connectivity index (χ1) is 20.2. The molecule has 0 rings (SSSR count). The van der Waals surface area contributed by atoms with Crippen molar-refractivity contribution in [3.63, 3.8) is 0 Å². The van der Waals surface area contributed by atoms with Gasteiger partial charge in [-0.25, -0.2) is 0 Å². The van der Waals surface area contributed by atoms with Crippen molar-refractivity contribution in [1.82, 2.24) is 5.32 Å². The predicted octanol–water partition coefficient (Wildman–Crippen LogP) is 11.3. The summed E-state index contributed by atoms with van der Waals surface area (Å²) in [6.07, 6.45) is 36.5. The molecular weight excluding hydrogens is 506 g/mol. The van der Waals surface area contributed by atoms with E-state index in [1.807, 2.05) is 7.05 Å². The van der Waals surface area contributed by atoms with Gasteiger partial charge in [0, 0.05) is 19.4 Å². The topological polar surface area (TPSA) is 55.4 Å². The van der Waals surface area contributed by atoms with Gasteiger partial charge in [0.25, 0.3) is 0 Å². The third-order valence-electron chi connectivity index (χ3n) is 8.61. The molecule has 244 valence electrons. The Kier molecular flexibility index (Phi) is 32.9. The first-order valence-corrected chi connectivity index (χ1v) is 18.5. The van der Waals surface area contributed by atoms with E-state index in [2.05, 4.69) is 19.2 Å². The molecule has 0 aromatic heterocycles. The molecule has 0 saturated heterocycles. The van der Waals surface area contributed by atoms with Gasteiger partial charge in [0.1, 0.15) is 12.4 Å². The maximum Gasteiger partial charge on any atom is 0.305 e. The maximum absolute atomic E-state index is 12.7. The van der Waals surface area contributed by atoms with E-state index < -0.39 is 0 Å². The smallest absolute Gasteiger partial charge is 0.305 e. The van der Waals surface area contributed by atoms with E-state index in [-0.39, 0.29) is 24.3 Å². The van der Waals surface area contributed by atoms with Crippen LogP contribution in [0.4, 0.5) is 0 Å². The van der Waals surface area contributed by atoms with Crippen molar-refractivity contribution in [2.75, 3.05) is 20.2 Å². The lowest BCUT2D eigenvalue weighted by Crippen LogP contribution is -2.31. The number of hydrogen-bond donors (Lipinski definition) is 1. The van der Waals surface area contributed by atoms with Crippen molar-refractivity contribution in [3.8, 4) is 0 Å². The summed E-state index contributed by atoms with van der Waals surface area (Å²) >= 11 is 0. The molecule has 4 nitrogen and oxygen atoms in total. The molecule has 1 N–H and O–H groups in total. The van der Waals surface area contributed by atoms with Crippen LogP contribution < -0.4 is 5.32 Å². The minimum Gasteiger partial charge on any atom is -0.465 e. The van der Waals surface area contributed by atoms with Crippen LogP contribution in [0.5, 0.6) is 0 Å². The number of ketones is 1. The van der Waals surface area contributed by atoms with Crippen molar-refractivity contribution >= 4 is 11.8 Å². The van der Waals surface area contributed by atoms with E-state index in [1.54, 1.807) is 0 Å². The van der Waals surface area contributed by atoms with E-state index >= 15 is 0 Å². The zero-order valence-electron chi connectivity index (χ0n) is 28.2. The summed E-state index contributed by atoms with van der Waals surface area (Å²) in [7, 11) is 1.86. The quantitative estimate of drug-likeness (QED) is 0.0608. The molecule has 0 fully saturated rings. The fourth-order valence-corrected chi connectivity index (χ4v) is 5.76. The molecule has 0 aromatic rings. The maximum atomic E-state index is 12.7. The molecule has 0 bridgehead atoms. The second kappa shape index (κ2) is 33.6. The number of Topliss-reactive ketones (excluding diaryl/α,β-unsaturated/α-hetero) is 1. The Balaban J connectivity index is 3.64. The predicted molar refractivity (Wildman–Crippen MR) is 179 cm³/mol. The second-order valence-corrected chi connectivity index (χ2v) is 12.7. The lowest BCUT2D eigenvalue weighted by molar-refractivity contribution is -0.146. The van der Waals surface area contributed by atoms with Crippen molar-refractivity contribution < 1.29 is 14.3 Å². The van der Waals surface area contributed by atoms with Gasteiger partial charge in [-0.3, -0.25) is 9.59 Å². The Bertz CT molecular complexity index is 550. The molecule has 0 spiro atoms. The fraction of sp³-hybridized carbons (Fsp3) is 0.946. The third-order valence-corrected chi connectivity index (χ3v) is 8.61. The van der Waals surface area contributed by atoms with Gasteiger partial charge < -0.3 is 10.1 Å². The number of ether oxygens (including phenoxy) is 1. The highest BCUT2D eigenvalue weighted by atomic mass is 16.5. The van der Waals surface area contributed by atoms with Gasteiger partial charge in [0.05, 0.1) is 5.92 Å². The zero-order valence-corrected chi connectivity index (χ0v) is 28.2. The van der Waals surface area contributed by atoms with Gasteiger partial charge in [-0.05, 0) is 19.9 Å². The molecule has 0 radical (unpaired) electrons. The van der Waals surface area contributed by atoms with Gasteiger partial charge in [0.2, 0.25) is 0 Å². The number of esters is 1. The van der Waals surface area contributed by atoms with Crippen molar-refractivity contribution in [1.29, 1.82) is 0 Å². The molecule has 41 heavy (non-hydrogen) atoms. The molecule has 0 heterocycles. The molecule has 1 unspecified atom stereocenters. The minimum atomic E-state index is -0.211. The van der Waals surface area contributed by atoms with Crippen LogP contribution in [0.3, 0.4) is 0 Å². The average Bonchev–Trinajstić information content (AvgIpc) is 2.97. The second-order valence-electron chi connectivity index (χ2n) is 12.7. The van der Waals surface area contributed by atoms with Crippen LogP contribution in [0.1, 0.15) is 200 Å². The molecule has 0 aliphatic heterocycles. The summed E-state index contributed by atoms with van der Waals surface area (Å²) in [5, 5.41) is 3.11. The third kappa shape index (κ3) is 30.4. The van der Waals surface area contributed by atoms with Crippen LogP contribution in [0.25, 0.3) is 0 Å². The molecule has 4 heteroatoms. The highest BCUT2D eigenvalue weighted by molar-refractivity contribution is 5.81. The Morgan fingerprint density at radius 3 is 1.15 bits per heavy atom. The molecule has 1 atom stereocenters. The standard InChI is InChI=1S/C37H73NO3/c1-4-6-8-10-12-14-16-18-19-20-21-23-25-27-29-31-36(39)35(33-38-3)34-41-37(40)32-30-28-26-24-22-17-15-13-11-9-7-5-2/h35,38H,4-34H2,1-3H3. The van der Waals surface area contributed by atoms with Gasteiger partial charge in [-0.1, -0.05) is 174 Å². The van der Waals surface area contributed by atoms with Gasteiger partial charge in [-0.2, -0.15) is 0 Å². The van der Waals surface area contributed by atoms with E-state index in [4.69, 9.17) is 4.74 Å². The van der Waals surface area contributed by atoms with Crippen LogP contribution in [0, 0.1) is 5.92 Å². The lowest BCUT2D eigenvalue weighted by Gasteiger charge is -2.16. The largest absolute Gasteiger partial charge is 0.465 e. The SMILES string of the molecule is CCCCCCCCCCCCCCCCCC(=O)C(CNC)COC(=O)CCCCCCCCCCCCCC. The minimum absolute atomic E-state index is 0.141. The first-order valence-electron chi connectivity index (χ1n) is 18.5. The van der Waals surface area contributed by atoms with Gasteiger partial charge >= 0.3 is 5.97 Å². The Labute approximate surface area is 257 Å². The van der Waals surface area contributed by atoms with Crippen molar-refractivity contribution in [2.45, 2.75) is 200 Å². The van der Waals surface area contributed by atoms with Crippen molar-refractivity contribution in [3.05, 3.63) is 0 Å². The number of carbonyl (C=O) groups is 2. The molecule has 0 amide bonds. The summed E-state index contributed by atoms with van der Waals surface area (Å²) in [6.45, 7) is 5.37. The monoisotopic (exact) mass is 580 g/mol. The molecule has 0 aromatic carbocycles. The van der Waals surface area contributed by atoms with Crippen LogP contribution in [0.15, 0.2) is 0 Å². The fourth-order valence-electron chi connectivity index (χ4n) is 5.76. The van der Waals surface area contributed by atoms with Crippen LogP contribution in [-0.2, 0) is 14.3 Å². The van der Waals surface area contributed by atoms with Crippen LogP contribution in [0.2, 0.25) is 0 Å². The van der Waals surface area contributed by atoms with E-state index in [0.717, 1.165) is 25.7 Å². The Morgan fingerprint density at radius 1 is 0.488 bits per heavy atom. The zero-order chi connectivity index (χ0) is 30.1. The normalized spacial score (nSPS) is 12.1. The van der Waals surface area contributed by atoms with Crippen LogP contribution in [-0.4, -0.2) is 32.0 Å². The van der Waals surface area contributed by atoms with Crippen LogP contribution >= 0.6 is 0 Å². The summed E-state index contributed by atoms with van der Waals surface area (Å²) < 4.78 is 5.51. The molecular formula is C37H73NO3. The summed E-state index contributed by atoms with van der Waals surface area (Å²) in [6, 6.07) is 0. The summed E-state index contributed by atoms with van der Waals surface area (Å²) in [4.78, 5) is 24.9. The highest BCUT2D eigenvalue weighted by Crippen LogP contribution is 2.16. The highest BCUT2D eigenvalue weighted by Gasteiger charge is 2.19. The van der Waals surface area contributed by atoms with E-state index in [9.17, 15) is 9.59 Å². The summed E-state index contributed by atoms with van der Waals surface area (Å²) in [5.41, 5.74) is 0. The Hall–Kier alpha value is -0.900. The van der Waals surface area contributed by atoms with Gasteiger partial charge in [0.15, 0.2) is 0 Å². The average molecular weight is 580 g/mol. The molecule has 0 saturated carbocycles. The molecule has 0 aliphatic rings. The number of unbranched alkanes of at least 4 members (excludes halogenated alkanes) is 25. The lowest BCUT2D eigenvalue weighted by atomic mass is 9.98. The number of hydrogen-bond acceptors (Lipinski definition) is 4. The summed E-state index contributed by atoms with van der Waals surface area (Å²) in [5.74, 6) is -0.109. The number of nitrogens with one attached hydrogen (secondary N) is 1. The van der Waals surface area contributed by atoms with Crippen molar-refractivity contribution in [2.24, 2.45) is 5.92 Å². The molecule has 0 aliphatic carbocycles. The first kappa shape index (κ1) is 40.1. The van der Waals surface area contributed by atoms with Gasteiger partial charge in [-0.15, -0.1) is 0 Å². The van der Waals surface area contributed by atoms with E-state index in [0.29, 0.717) is 19.4 Å². The number of rotatable bonds is 34. The number of carbonyl (C=O) groups excluding carboxylic acids is 2.